The smallest absolute Gasteiger partial charge is 0.279 e. The molecule has 0 saturated heterocycles. The highest BCUT2D eigenvalue weighted by Crippen LogP contribution is 2.27. The molecule has 0 atom stereocenters. The minimum absolute atomic E-state index is 0.0584. The molecule has 0 unspecified atom stereocenters. The normalized spacial score (nSPS) is 13.8. The number of allylic oxidation sites excluding steroid dienone is 1. The first-order valence-electron chi connectivity index (χ1n) is 30.7. The quantitative estimate of drug-likeness (QED) is 0.108. The number of carbonyl (C=O) groups excluding carboxylic acids is 3. The first-order valence-corrected chi connectivity index (χ1v) is 30.7. The third-order valence-electron chi connectivity index (χ3n) is 14.3. The van der Waals surface area contributed by atoms with E-state index < -0.39 is 0 Å². The van der Waals surface area contributed by atoms with Gasteiger partial charge < -0.3 is 49.0 Å². The Morgan fingerprint density at radius 3 is 1.62 bits per heavy atom. The van der Waals surface area contributed by atoms with Crippen molar-refractivity contribution in [1.82, 2.24) is 98.3 Å². The first-order chi connectivity index (χ1) is 42.8. The average molecular weight is 1260 g/mol. The van der Waals surface area contributed by atoms with Crippen molar-refractivity contribution in [3.8, 4) is 0 Å². The zero-order valence-corrected chi connectivity index (χ0v) is 58.4. The molecule has 3 aliphatic rings. The van der Waals surface area contributed by atoms with Gasteiger partial charge in [0, 0.05) is 84.0 Å². The number of rotatable bonds is 7. The molecule has 3 aliphatic heterocycles. The molecule has 0 radical (unpaired) electrons. The molecule has 11 rings (SSSR count). The lowest BCUT2D eigenvalue weighted by Crippen LogP contribution is -2.40. The predicted molar refractivity (Wildman–Crippen MR) is 365 cm³/mol. The lowest BCUT2D eigenvalue weighted by Gasteiger charge is -2.31. The molecule has 0 saturated carbocycles. The van der Waals surface area contributed by atoms with Gasteiger partial charge >= 0.3 is 0 Å². The maximum Gasteiger partial charge on any atom is 0.279 e. The number of hydrogen-bond acceptors (Lipinski definition) is 18. The summed E-state index contributed by atoms with van der Waals surface area (Å²) in [5, 5.41) is 13.4. The molecular formula is C66H96N22O4. The molecule has 8 aromatic rings. The zero-order valence-electron chi connectivity index (χ0n) is 58.4. The van der Waals surface area contributed by atoms with Crippen molar-refractivity contribution >= 4 is 62.5 Å². The minimum Gasteiger partial charge on any atom is -0.332 e. The van der Waals surface area contributed by atoms with Gasteiger partial charge in [-0.2, -0.15) is 0 Å². The number of H-pyrrole nitrogens is 1. The highest BCUT2D eigenvalue weighted by Gasteiger charge is 2.28. The first kappa shape index (κ1) is 73.0. The van der Waals surface area contributed by atoms with E-state index in [1.807, 2.05) is 123 Å². The summed E-state index contributed by atoms with van der Waals surface area (Å²) >= 11 is 0. The summed E-state index contributed by atoms with van der Waals surface area (Å²) in [7, 11) is 0. The van der Waals surface area contributed by atoms with Crippen molar-refractivity contribution in [2.75, 3.05) is 5.32 Å². The van der Waals surface area contributed by atoms with Crippen LogP contribution in [0, 0.1) is 34.6 Å². The Labute approximate surface area is 540 Å². The van der Waals surface area contributed by atoms with Crippen molar-refractivity contribution in [1.29, 1.82) is 0 Å². The Bertz CT molecular complexity index is 4050. The fourth-order valence-corrected chi connectivity index (χ4v) is 9.18. The van der Waals surface area contributed by atoms with Gasteiger partial charge in [-0.3, -0.25) is 19.2 Å². The van der Waals surface area contributed by atoms with E-state index in [0.29, 0.717) is 70.1 Å². The Kier molecular flexibility index (Phi) is 24.5. The number of hydrogen-bond donors (Lipinski definition) is 4. The van der Waals surface area contributed by atoms with Gasteiger partial charge in [0.1, 0.15) is 58.2 Å². The van der Waals surface area contributed by atoms with Gasteiger partial charge in [-0.25, -0.2) is 54.5 Å². The van der Waals surface area contributed by atoms with Crippen LogP contribution in [0.2, 0.25) is 0 Å². The van der Waals surface area contributed by atoms with Crippen LogP contribution < -0.4 is 21.5 Å². The van der Waals surface area contributed by atoms with Crippen LogP contribution in [0.1, 0.15) is 206 Å². The molecule has 2 amide bonds. The van der Waals surface area contributed by atoms with Crippen LogP contribution >= 0.6 is 0 Å². The van der Waals surface area contributed by atoms with Crippen LogP contribution in [0.15, 0.2) is 108 Å². The van der Waals surface area contributed by atoms with Crippen LogP contribution in [0.5, 0.6) is 0 Å². The molecule has 0 aliphatic carbocycles. The number of nitrogens with one attached hydrogen (secondary N) is 4. The van der Waals surface area contributed by atoms with Gasteiger partial charge in [0.2, 0.25) is 5.82 Å². The molecule has 4 N–H and O–H groups in total. The molecule has 0 aromatic carbocycles. The van der Waals surface area contributed by atoms with Crippen molar-refractivity contribution in [3.63, 3.8) is 0 Å². The van der Waals surface area contributed by atoms with Crippen LogP contribution in [-0.4, -0.2) is 123 Å². The second kappa shape index (κ2) is 30.8. The average Bonchev–Trinajstić information content (AvgIpc) is 1.75. The topological polar surface area (TPSA) is 293 Å². The molecule has 11 heterocycles. The molecule has 26 nitrogen and oxygen atoms in total. The number of aryl methyl sites for hydroxylation is 5. The summed E-state index contributed by atoms with van der Waals surface area (Å²) in [6.45, 7) is 59.3. The Morgan fingerprint density at radius 1 is 0.554 bits per heavy atom. The Hall–Kier alpha value is -9.75. The number of nitrogens with zero attached hydrogens (tertiary/aromatic N) is 18. The predicted octanol–water partition coefficient (Wildman–Crippen LogP) is 11.7. The van der Waals surface area contributed by atoms with Gasteiger partial charge in [0.15, 0.2) is 28.3 Å². The second-order valence-corrected chi connectivity index (χ2v) is 25.1. The number of Topliss-reactive ketones (excluding diaryl/α,β-unsaturated/α-hetero) is 1. The molecule has 8 aromatic heterocycles. The van der Waals surface area contributed by atoms with E-state index in [-0.39, 0.29) is 40.8 Å². The number of anilines is 1. The Morgan fingerprint density at radius 2 is 1.10 bits per heavy atom. The van der Waals surface area contributed by atoms with Gasteiger partial charge in [-0.15, -0.1) is 5.10 Å². The van der Waals surface area contributed by atoms with Gasteiger partial charge in [-0.1, -0.05) is 19.7 Å². The summed E-state index contributed by atoms with van der Waals surface area (Å²) in [5.74, 6) is 4.87. The van der Waals surface area contributed by atoms with Crippen LogP contribution in [0.4, 0.5) is 5.82 Å². The zero-order chi connectivity index (χ0) is 69.1. The number of aromatic amines is 1. The van der Waals surface area contributed by atoms with E-state index in [4.69, 9.17) is 0 Å². The number of carbonyl (C=O) groups is 3. The van der Waals surface area contributed by atoms with Gasteiger partial charge in [-0.05, 0) is 171 Å². The summed E-state index contributed by atoms with van der Waals surface area (Å²) in [4.78, 5) is 93.9. The SMILES string of the molecule is C=C1N=C(C)C(C)=CN1C(C)C.C=C1NC(=O)C(C)=CN1C(C)C.C=C1NC(=O)c2ncn(C(C)(C)C)c2N1.CC(=O)c1ncn(C(C)C)n1.Cc1nc(C)c2ccn(C(C)C)c2n1.Cc1nc(C)c2ncn(C(C)C)c2n1.Cc1nc2c(ncn2C(C)C)c(=O)[nH]1. The van der Waals surface area contributed by atoms with E-state index in [9.17, 15) is 19.2 Å². The van der Waals surface area contributed by atoms with Crippen molar-refractivity contribution < 1.29 is 14.4 Å². The summed E-state index contributed by atoms with van der Waals surface area (Å²) in [6.07, 6.45) is 12.7. The van der Waals surface area contributed by atoms with Crippen molar-refractivity contribution in [2.45, 2.75) is 208 Å². The van der Waals surface area contributed by atoms with E-state index in [1.165, 1.54) is 12.5 Å². The highest BCUT2D eigenvalue weighted by molar-refractivity contribution is 6.01. The number of imidazole rings is 3. The molecular weight excluding hydrogens is 1160 g/mol. The van der Waals surface area contributed by atoms with Crippen molar-refractivity contribution in [2.24, 2.45) is 4.99 Å². The minimum atomic E-state index is -0.211. The fraction of sp³-hybridized carbons (Fsp3) is 0.470. The van der Waals surface area contributed by atoms with Crippen LogP contribution in [0.25, 0.3) is 33.4 Å². The number of amides is 2. The van der Waals surface area contributed by atoms with Crippen LogP contribution in [0.3, 0.4) is 0 Å². The molecule has 494 valence electrons. The van der Waals surface area contributed by atoms with E-state index >= 15 is 0 Å². The van der Waals surface area contributed by atoms with Crippen molar-refractivity contribution in [3.05, 3.63) is 149 Å². The summed E-state index contributed by atoms with van der Waals surface area (Å²) in [5.41, 5.74) is 9.09. The Balaban J connectivity index is 0.000000195. The molecule has 0 fully saturated rings. The third kappa shape index (κ3) is 18.5. The molecule has 0 bridgehead atoms. The number of aromatic nitrogens is 16. The maximum absolute atomic E-state index is 11.5. The van der Waals surface area contributed by atoms with E-state index in [0.717, 1.165) is 62.3 Å². The molecule has 0 spiro atoms. The van der Waals surface area contributed by atoms with Gasteiger partial charge in [0.05, 0.1) is 30.4 Å². The largest absolute Gasteiger partial charge is 0.332 e. The maximum atomic E-state index is 11.5. The van der Waals surface area contributed by atoms with E-state index in [1.54, 1.807) is 37.5 Å². The second-order valence-electron chi connectivity index (χ2n) is 25.1. The number of ketones is 1. The summed E-state index contributed by atoms with van der Waals surface area (Å²) in [6, 6.07) is 4.20. The monoisotopic (exact) mass is 1260 g/mol. The van der Waals surface area contributed by atoms with Crippen LogP contribution in [-0.2, 0) is 10.3 Å². The van der Waals surface area contributed by atoms with Gasteiger partial charge in [0.25, 0.3) is 17.4 Å². The van der Waals surface area contributed by atoms with E-state index in [2.05, 4.69) is 177 Å². The summed E-state index contributed by atoms with van der Waals surface area (Å²) < 4.78 is 9.72. The standard InChI is InChI=1S/C11H15N3.C10H14N4O.C10H14N4.C10H16N2.C9H12N4O.C9H14N2O.C7H11N3O/c1-7(2)14-6-5-10-8(3)12-9(4)13-11(10)14;1-6-12-8-7(9(15)13-6)11-5-14(8)10(2,3)4;1-6(2)14-5-11-9-7(3)12-8(4)13-10(9)14;1-7(2)12-6-8(3)9(4)11-10(12)5;1-5(2)13-4-10-7-8(13)11-6(3)12-9(7)14;1-6(2)11-5-7(3)9(12)10-8(11)4;1-5(2)10-4-8-7(9-10)6(3)11/h5-7H,1-4H3;5,12H,1H2,2-4H3,(H,13,15);5-6H,1-4H3;6-7H,5H2,1-4H3;4-5H,1-3H3,(H,11,12,14);5-6H,4H2,1-3H3,(H,10,12);4-5H,1-3H3. The fourth-order valence-electron chi connectivity index (χ4n) is 9.18. The third-order valence-corrected chi connectivity index (χ3v) is 14.3. The highest BCUT2D eigenvalue weighted by atomic mass is 16.2. The number of aliphatic imine (C=N–C) groups is 1. The molecule has 92 heavy (non-hydrogen) atoms. The lowest BCUT2D eigenvalue weighted by atomic mass is 10.1. The number of fused-ring (bicyclic) bond motifs is 4. The lowest BCUT2D eigenvalue weighted by molar-refractivity contribution is -0.117. The molecule has 26 heteroatoms.